The van der Waals surface area contributed by atoms with Crippen molar-refractivity contribution in [3.63, 3.8) is 0 Å². The monoisotopic (exact) mass is 461 g/mol. The molecule has 0 aliphatic carbocycles. The first kappa shape index (κ1) is 26.8. The number of nitrogens with zero attached hydrogens (tertiary/aromatic N) is 1. The Morgan fingerprint density at radius 2 is 1.67 bits per heavy atom. The van der Waals surface area contributed by atoms with E-state index in [1.54, 1.807) is 14.0 Å². The lowest BCUT2D eigenvalue weighted by Crippen LogP contribution is -2.51. The molecular formula is C26H39NO6. The number of likely N-dealkylation sites (N-methyl/N-ethyl adjacent to an activating group) is 1. The molecule has 1 aliphatic heterocycles. The molecule has 33 heavy (non-hydrogen) atoms. The third-order valence-corrected chi connectivity index (χ3v) is 6.40. The lowest BCUT2D eigenvalue weighted by Gasteiger charge is -2.35. The minimum Gasteiger partial charge on any atom is -0.461 e. The number of aliphatic hydroxyl groups is 1. The van der Waals surface area contributed by atoms with Gasteiger partial charge < -0.3 is 19.5 Å². The molecule has 1 fully saturated rings. The van der Waals surface area contributed by atoms with Crippen molar-refractivity contribution in [2.75, 3.05) is 7.05 Å². The van der Waals surface area contributed by atoms with Crippen LogP contribution in [0.5, 0.6) is 0 Å². The van der Waals surface area contributed by atoms with Crippen molar-refractivity contribution in [3.05, 3.63) is 35.9 Å². The number of ether oxygens (including phenoxy) is 2. The summed E-state index contributed by atoms with van der Waals surface area (Å²) >= 11 is 0. The summed E-state index contributed by atoms with van der Waals surface area (Å²) in [6.45, 7) is 5.34. The van der Waals surface area contributed by atoms with E-state index in [0.29, 0.717) is 12.8 Å². The number of hydrogen-bond acceptors (Lipinski definition) is 6. The predicted molar refractivity (Wildman–Crippen MR) is 125 cm³/mol. The van der Waals surface area contributed by atoms with Gasteiger partial charge in [-0.05, 0) is 38.7 Å². The average molecular weight is 462 g/mol. The van der Waals surface area contributed by atoms with Crippen LogP contribution in [-0.4, -0.2) is 59.3 Å². The van der Waals surface area contributed by atoms with Gasteiger partial charge in [0.05, 0.1) is 24.5 Å². The number of carbonyl (C=O) groups excluding carboxylic acids is 3. The molecule has 7 nitrogen and oxygen atoms in total. The van der Waals surface area contributed by atoms with E-state index in [1.165, 1.54) is 11.8 Å². The molecular weight excluding hydrogens is 422 g/mol. The highest BCUT2D eigenvalue weighted by Gasteiger charge is 2.37. The van der Waals surface area contributed by atoms with Gasteiger partial charge in [0.1, 0.15) is 6.10 Å². The van der Waals surface area contributed by atoms with Gasteiger partial charge in [-0.3, -0.25) is 14.4 Å². The topological polar surface area (TPSA) is 93.1 Å². The number of carbonyl (C=O) groups is 3. The number of unbranched alkanes of at least 4 members (excludes halogenated alkanes) is 4. The lowest BCUT2D eigenvalue weighted by atomic mass is 9.96. The van der Waals surface area contributed by atoms with E-state index in [0.717, 1.165) is 37.7 Å². The van der Waals surface area contributed by atoms with E-state index in [9.17, 15) is 19.5 Å². The normalized spacial score (nSPS) is 27.4. The zero-order chi connectivity index (χ0) is 24.4. The second kappa shape index (κ2) is 13.3. The maximum Gasteiger partial charge on any atom is 0.313 e. The molecule has 1 aromatic rings. The third kappa shape index (κ3) is 8.14. The molecule has 0 spiro atoms. The maximum absolute atomic E-state index is 13.0. The standard InChI is InChI=1S/C26H39NO6/c1-5-6-7-8-12-15-23-18(2)26(31)32-19(3)25(30)27(4)21(22(28)17-24(29)33-23)16-20-13-10-9-11-14-20/h9-11,13-14,18-19,21-23,28H,5-8,12,15-17H2,1-4H3/t18-,19-,21-,22+,23?/m0/s1. The van der Waals surface area contributed by atoms with Crippen LogP contribution >= 0.6 is 0 Å². The molecule has 7 heteroatoms. The molecule has 1 heterocycles. The van der Waals surface area contributed by atoms with Gasteiger partial charge in [-0.15, -0.1) is 0 Å². The number of aliphatic hydroxyl groups excluding tert-OH is 1. The summed E-state index contributed by atoms with van der Waals surface area (Å²) in [6.07, 6.45) is 3.06. The lowest BCUT2D eigenvalue weighted by molar-refractivity contribution is -0.173. The SMILES string of the molecule is CCCCCCCC1OC(=O)C[C@@H](O)[C@H](Cc2ccccc2)N(C)C(=O)[C@H](C)OC(=O)[C@H]1C. The number of benzene rings is 1. The van der Waals surface area contributed by atoms with E-state index >= 15 is 0 Å². The van der Waals surface area contributed by atoms with Crippen molar-refractivity contribution >= 4 is 17.8 Å². The van der Waals surface area contributed by atoms with Crippen molar-refractivity contribution in [2.24, 2.45) is 5.92 Å². The predicted octanol–water partition coefficient (Wildman–Crippen LogP) is 3.66. The molecule has 0 saturated carbocycles. The smallest absolute Gasteiger partial charge is 0.313 e. The Morgan fingerprint density at radius 3 is 2.33 bits per heavy atom. The molecule has 1 amide bonds. The Labute approximate surface area is 197 Å². The highest BCUT2D eigenvalue weighted by Crippen LogP contribution is 2.23. The van der Waals surface area contributed by atoms with E-state index < -0.39 is 48.1 Å². The summed E-state index contributed by atoms with van der Waals surface area (Å²) in [5.41, 5.74) is 0.921. The summed E-state index contributed by atoms with van der Waals surface area (Å²) in [5.74, 6) is -2.25. The van der Waals surface area contributed by atoms with Crippen LogP contribution < -0.4 is 0 Å². The largest absolute Gasteiger partial charge is 0.461 e. The van der Waals surface area contributed by atoms with Gasteiger partial charge in [0, 0.05) is 7.05 Å². The molecule has 1 aliphatic rings. The fourth-order valence-corrected chi connectivity index (χ4v) is 4.20. The van der Waals surface area contributed by atoms with Crippen LogP contribution in [0.3, 0.4) is 0 Å². The molecule has 0 bridgehead atoms. The highest BCUT2D eigenvalue weighted by atomic mass is 16.6. The Hall–Kier alpha value is -2.41. The second-order valence-electron chi connectivity index (χ2n) is 9.08. The quantitative estimate of drug-likeness (QED) is 0.469. The van der Waals surface area contributed by atoms with Crippen molar-refractivity contribution in [2.45, 2.75) is 96.5 Å². The van der Waals surface area contributed by atoms with Crippen molar-refractivity contribution in [1.82, 2.24) is 4.90 Å². The van der Waals surface area contributed by atoms with Gasteiger partial charge in [-0.2, -0.15) is 0 Å². The summed E-state index contributed by atoms with van der Waals surface area (Å²) in [5, 5.41) is 10.9. The Balaban J connectivity index is 2.21. The summed E-state index contributed by atoms with van der Waals surface area (Å²) in [6, 6.07) is 8.78. The van der Waals surface area contributed by atoms with E-state index in [4.69, 9.17) is 9.47 Å². The van der Waals surface area contributed by atoms with Crippen LogP contribution in [0.4, 0.5) is 0 Å². The number of amides is 1. The third-order valence-electron chi connectivity index (χ3n) is 6.40. The van der Waals surface area contributed by atoms with Crippen LogP contribution in [-0.2, 0) is 30.3 Å². The first-order chi connectivity index (χ1) is 15.7. The molecule has 1 N–H and O–H groups in total. The molecule has 1 saturated heterocycles. The minimum absolute atomic E-state index is 0.252. The number of cyclic esters (lactones) is 2. The molecule has 0 radical (unpaired) electrons. The number of esters is 2. The van der Waals surface area contributed by atoms with Crippen LogP contribution in [0.1, 0.15) is 71.3 Å². The average Bonchev–Trinajstić information content (AvgIpc) is 2.80. The fraction of sp³-hybridized carbons (Fsp3) is 0.654. The first-order valence-corrected chi connectivity index (χ1v) is 12.1. The van der Waals surface area contributed by atoms with E-state index in [-0.39, 0.29) is 6.42 Å². The zero-order valence-electron chi connectivity index (χ0n) is 20.4. The van der Waals surface area contributed by atoms with Gasteiger partial charge in [0.25, 0.3) is 5.91 Å². The van der Waals surface area contributed by atoms with Crippen molar-refractivity contribution < 1.29 is 29.0 Å². The van der Waals surface area contributed by atoms with Gasteiger partial charge >= 0.3 is 11.9 Å². The molecule has 1 unspecified atom stereocenters. The van der Waals surface area contributed by atoms with Gasteiger partial charge in [-0.25, -0.2) is 0 Å². The molecule has 2 rings (SSSR count). The number of hydrogen-bond donors (Lipinski definition) is 1. The van der Waals surface area contributed by atoms with Crippen molar-refractivity contribution in [1.29, 1.82) is 0 Å². The molecule has 1 aromatic carbocycles. The Morgan fingerprint density at radius 1 is 1.00 bits per heavy atom. The maximum atomic E-state index is 13.0. The Bertz CT molecular complexity index is 767. The summed E-state index contributed by atoms with van der Waals surface area (Å²) in [7, 11) is 1.56. The first-order valence-electron chi connectivity index (χ1n) is 12.1. The summed E-state index contributed by atoms with van der Waals surface area (Å²) in [4.78, 5) is 39.9. The highest BCUT2D eigenvalue weighted by molar-refractivity contribution is 5.84. The molecule has 5 atom stereocenters. The van der Waals surface area contributed by atoms with E-state index in [2.05, 4.69) is 6.92 Å². The van der Waals surface area contributed by atoms with Crippen LogP contribution in [0.25, 0.3) is 0 Å². The fourth-order valence-electron chi connectivity index (χ4n) is 4.20. The van der Waals surface area contributed by atoms with Crippen LogP contribution in [0.15, 0.2) is 30.3 Å². The molecule has 0 aromatic heterocycles. The van der Waals surface area contributed by atoms with E-state index in [1.807, 2.05) is 30.3 Å². The Kier molecular flexibility index (Phi) is 10.8. The minimum atomic E-state index is -1.12. The number of rotatable bonds is 8. The molecule has 184 valence electrons. The van der Waals surface area contributed by atoms with Crippen LogP contribution in [0.2, 0.25) is 0 Å². The van der Waals surface area contributed by atoms with Gasteiger partial charge in [0.15, 0.2) is 6.10 Å². The van der Waals surface area contributed by atoms with Crippen molar-refractivity contribution in [3.8, 4) is 0 Å². The van der Waals surface area contributed by atoms with Crippen LogP contribution in [0, 0.1) is 5.92 Å². The summed E-state index contributed by atoms with van der Waals surface area (Å²) < 4.78 is 11.1. The van der Waals surface area contributed by atoms with Gasteiger partial charge in [-0.1, -0.05) is 62.9 Å². The van der Waals surface area contributed by atoms with Gasteiger partial charge in [0.2, 0.25) is 0 Å². The zero-order valence-corrected chi connectivity index (χ0v) is 20.4. The second-order valence-corrected chi connectivity index (χ2v) is 9.08.